The topological polar surface area (TPSA) is 67.8 Å². The molecule has 0 aliphatic carbocycles. The van der Waals surface area contributed by atoms with Crippen molar-refractivity contribution >= 4 is 6.16 Å². The van der Waals surface area contributed by atoms with Crippen LogP contribution in [0.2, 0.25) is 0 Å². The molecule has 0 heterocycles. The molecule has 76 valence electrons. The summed E-state index contributed by atoms with van der Waals surface area (Å²) in [6.07, 6.45) is -0.790. The molecule has 13 heavy (non-hydrogen) atoms. The van der Waals surface area contributed by atoms with Crippen molar-refractivity contribution in [2.45, 2.75) is 26.9 Å². The average Bonchev–Trinajstić information content (AvgIpc) is 1.95. The van der Waals surface area contributed by atoms with Crippen molar-refractivity contribution in [3.05, 3.63) is 12.7 Å². The van der Waals surface area contributed by atoms with Gasteiger partial charge in [-0.05, 0) is 5.41 Å². The molecule has 0 amide bonds. The highest BCUT2D eigenvalue weighted by atomic mass is 17.5. The van der Waals surface area contributed by atoms with Crippen molar-refractivity contribution in [3.8, 4) is 0 Å². The van der Waals surface area contributed by atoms with E-state index < -0.39 is 12.3 Å². The SMILES string of the molecule is C=CC(OOOC(=O)[O-])C(C)(C)C. The van der Waals surface area contributed by atoms with Crippen molar-refractivity contribution in [1.29, 1.82) is 0 Å². The molecular formula is C8H13O5-. The fourth-order valence-corrected chi connectivity index (χ4v) is 0.627. The lowest BCUT2D eigenvalue weighted by molar-refractivity contribution is -0.522. The first-order valence-electron chi connectivity index (χ1n) is 3.71. The lowest BCUT2D eigenvalue weighted by Gasteiger charge is -2.26. The van der Waals surface area contributed by atoms with E-state index in [0.29, 0.717) is 0 Å². The summed E-state index contributed by atoms with van der Waals surface area (Å²) in [5.41, 5.74) is -0.253. The zero-order valence-electron chi connectivity index (χ0n) is 7.90. The van der Waals surface area contributed by atoms with Gasteiger partial charge < -0.3 is 14.8 Å². The second kappa shape index (κ2) is 4.84. The zero-order valence-corrected chi connectivity index (χ0v) is 7.90. The Morgan fingerprint density at radius 2 is 2.08 bits per heavy atom. The van der Waals surface area contributed by atoms with Crippen LogP contribution in [-0.2, 0) is 14.8 Å². The van der Waals surface area contributed by atoms with E-state index in [0.717, 1.165) is 0 Å². The number of hydrogen-bond donors (Lipinski definition) is 0. The van der Waals surface area contributed by atoms with E-state index in [1.165, 1.54) is 6.08 Å². The van der Waals surface area contributed by atoms with Crippen LogP contribution in [0.5, 0.6) is 0 Å². The summed E-state index contributed by atoms with van der Waals surface area (Å²) in [4.78, 5) is 18.0. The van der Waals surface area contributed by atoms with Gasteiger partial charge in [-0.25, -0.2) is 4.89 Å². The van der Waals surface area contributed by atoms with Crippen LogP contribution in [0.15, 0.2) is 12.7 Å². The first-order chi connectivity index (χ1) is 5.88. The largest absolute Gasteiger partial charge is 0.424 e. The molecular weight excluding hydrogens is 176 g/mol. The summed E-state index contributed by atoms with van der Waals surface area (Å²) in [5, 5.41) is 13.7. The summed E-state index contributed by atoms with van der Waals surface area (Å²) < 4.78 is 0. The summed E-state index contributed by atoms with van der Waals surface area (Å²) in [6, 6.07) is 0. The first kappa shape index (κ1) is 11.9. The predicted octanol–water partition coefficient (Wildman–Crippen LogP) is 0.810. The Kier molecular flexibility index (Phi) is 4.44. The van der Waals surface area contributed by atoms with Gasteiger partial charge in [0.05, 0.1) is 0 Å². The fraction of sp³-hybridized carbons (Fsp3) is 0.625. The molecule has 0 radical (unpaired) electrons. The summed E-state index contributed by atoms with van der Waals surface area (Å²) in [5.74, 6) is 0. The molecule has 0 rings (SSSR count). The van der Waals surface area contributed by atoms with E-state index in [-0.39, 0.29) is 5.41 Å². The van der Waals surface area contributed by atoms with Gasteiger partial charge in [0, 0.05) is 0 Å². The molecule has 0 N–H and O–H groups in total. The Hall–Kier alpha value is -1.07. The van der Waals surface area contributed by atoms with Gasteiger partial charge >= 0.3 is 0 Å². The number of rotatable bonds is 4. The molecule has 1 atom stereocenters. The van der Waals surface area contributed by atoms with E-state index in [1.54, 1.807) is 0 Å². The highest BCUT2D eigenvalue weighted by Gasteiger charge is 2.23. The minimum Gasteiger partial charge on any atom is -0.424 e. The molecule has 0 saturated carbocycles. The molecule has 0 spiro atoms. The molecule has 0 saturated heterocycles. The van der Waals surface area contributed by atoms with Crippen LogP contribution in [0.25, 0.3) is 0 Å². The van der Waals surface area contributed by atoms with Crippen LogP contribution in [0.3, 0.4) is 0 Å². The van der Waals surface area contributed by atoms with Gasteiger partial charge in [-0.15, -0.1) is 6.58 Å². The van der Waals surface area contributed by atoms with Crippen LogP contribution >= 0.6 is 0 Å². The van der Waals surface area contributed by atoms with Crippen LogP contribution in [0.1, 0.15) is 20.8 Å². The predicted molar refractivity (Wildman–Crippen MR) is 42.1 cm³/mol. The van der Waals surface area contributed by atoms with Crippen molar-refractivity contribution in [3.63, 3.8) is 0 Å². The minimum atomic E-state index is -1.81. The van der Waals surface area contributed by atoms with E-state index >= 15 is 0 Å². The quantitative estimate of drug-likeness (QED) is 0.372. The Balaban J connectivity index is 3.87. The van der Waals surface area contributed by atoms with Crippen LogP contribution in [0.4, 0.5) is 4.79 Å². The van der Waals surface area contributed by atoms with Gasteiger partial charge in [0.2, 0.25) is 0 Å². The third-order valence-electron chi connectivity index (χ3n) is 1.31. The van der Waals surface area contributed by atoms with Crippen molar-refractivity contribution in [1.82, 2.24) is 0 Å². The summed E-state index contributed by atoms with van der Waals surface area (Å²) in [7, 11) is 0. The Morgan fingerprint density at radius 3 is 2.38 bits per heavy atom. The fourth-order valence-electron chi connectivity index (χ4n) is 0.627. The highest BCUT2D eigenvalue weighted by molar-refractivity contribution is 5.52. The van der Waals surface area contributed by atoms with Gasteiger partial charge in [-0.1, -0.05) is 31.9 Å². The van der Waals surface area contributed by atoms with Gasteiger partial charge in [-0.2, -0.15) is 0 Å². The number of carboxylic acid groups (broad SMARTS) is 1. The van der Waals surface area contributed by atoms with E-state index in [4.69, 9.17) is 0 Å². The van der Waals surface area contributed by atoms with E-state index in [1.807, 2.05) is 20.8 Å². The molecule has 0 aromatic carbocycles. The number of carbonyl (C=O) groups excluding carboxylic acids is 1. The number of hydrogen-bond acceptors (Lipinski definition) is 5. The molecule has 0 aliphatic heterocycles. The Bertz CT molecular complexity index is 181. The lowest BCUT2D eigenvalue weighted by Crippen LogP contribution is -2.30. The molecule has 0 aliphatic rings. The average molecular weight is 189 g/mol. The Labute approximate surface area is 76.8 Å². The summed E-state index contributed by atoms with van der Waals surface area (Å²) >= 11 is 0. The van der Waals surface area contributed by atoms with Crippen molar-refractivity contribution < 1.29 is 24.7 Å². The lowest BCUT2D eigenvalue weighted by atomic mass is 9.89. The third kappa shape index (κ3) is 5.21. The van der Waals surface area contributed by atoms with Crippen molar-refractivity contribution in [2.24, 2.45) is 5.41 Å². The maximum Gasteiger partial charge on any atom is 0.281 e. The molecule has 0 aromatic rings. The molecule has 0 bridgehead atoms. The highest BCUT2D eigenvalue weighted by Crippen LogP contribution is 2.22. The van der Waals surface area contributed by atoms with Gasteiger partial charge in [0.25, 0.3) is 6.16 Å². The van der Waals surface area contributed by atoms with Gasteiger partial charge in [0.1, 0.15) is 6.10 Å². The molecule has 0 aromatic heterocycles. The van der Waals surface area contributed by atoms with E-state index in [2.05, 4.69) is 21.4 Å². The third-order valence-corrected chi connectivity index (χ3v) is 1.31. The maximum atomic E-state index is 9.75. The standard InChI is InChI=1S/C8H14O5/c1-5-6(8(2,3)4)11-13-12-7(9)10/h5-6H,1H2,2-4H3,(H,9,10)/p-1. The van der Waals surface area contributed by atoms with E-state index in [9.17, 15) is 9.90 Å². The Morgan fingerprint density at radius 1 is 1.54 bits per heavy atom. The van der Waals surface area contributed by atoms with Crippen LogP contribution in [0, 0.1) is 5.41 Å². The first-order valence-corrected chi connectivity index (χ1v) is 3.71. The minimum absolute atomic E-state index is 0.253. The normalized spacial score (nSPS) is 13.5. The summed E-state index contributed by atoms with van der Waals surface area (Å²) in [6.45, 7) is 9.13. The molecule has 5 nitrogen and oxygen atoms in total. The maximum absolute atomic E-state index is 9.75. The molecule has 1 unspecified atom stereocenters. The van der Waals surface area contributed by atoms with Crippen LogP contribution < -0.4 is 5.11 Å². The number of carbonyl (C=O) groups is 1. The molecule has 0 fully saturated rings. The second-order valence-electron chi connectivity index (χ2n) is 3.52. The van der Waals surface area contributed by atoms with Gasteiger partial charge in [0.15, 0.2) is 0 Å². The van der Waals surface area contributed by atoms with Crippen LogP contribution in [-0.4, -0.2) is 12.3 Å². The monoisotopic (exact) mass is 189 g/mol. The molecule has 5 heteroatoms. The second-order valence-corrected chi connectivity index (χ2v) is 3.52. The van der Waals surface area contributed by atoms with Crippen molar-refractivity contribution in [2.75, 3.05) is 0 Å². The zero-order chi connectivity index (χ0) is 10.5. The smallest absolute Gasteiger partial charge is 0.281 e. The van der Waals surface area contributed by atoms with Gasteiger partial charge in [-0.3, -0.25) is 0 Å².